The zero-order chi connectivity index (χ0) is 41.0. The van der Waals surface area contributed by atoms with Crippen molar-refractivity contribution in [3.8, 4) is 22.3 Å². The molecule has 2 nitrogen and oxygen atoms in total. The molecule has 0 aliphatic heterocycles. The molecule has 0 saturated heterocycles. The fraction of sp³-hybridized carbons (Fsp3) is 0.250. The molecule has 2 aromatic heterocycles. The first kappa shape index (κ1) is 36.4. The number of hydrogen-bond acceptors (Lipinski definition) is 3. The van der Waals surface area contributed by atoms with Gasteiger partial charge in [0.2, 0.25) is 0 Å². The van der Waals surface area contributed by atoms with Crippen LogP contribution in [-0.4, -0.2) is 0 Å². The summed E-state index contributed by atoms with van der Waals surface area (Å²) in [7, 11) is 0. The molecule has 11 rings (SSSR count). The summed E-state index contributed by atoms with van der Waals surface area (Å²) in [6.07, 6.45) is 0. The average Bonchev–Trinajstić information content (AvgIpc) is 3.90. The molecular formula is C56H51NOS. The zero-order valence-corrected chi connectivity index (χ0v) is 36.7. The number of hydrogen-bond donors (Lipinski definition) is 0. The van der Waals surface area contributed by atoms with Crippen LogP contribution in [-0.2, 0) is 21.7 Å². The average molecular weight is 786 g/mol. The van der Waals surface area contributed by atoms with Gasteiger partial charge in [-0.2, -0.15) is 0 Å². The fourth-order valence-corrected chi connectivity index (χ4v) is 12.2. The van der Waals surface area contributed by atoms with Gasteiger partial charge in [-0.05, 0) is 115 Å². The van der Waals surface area contributed by atoms with Crippen molar-refractivity contribution in [1.82, 2.24) is 0 Å². The SMILES string of the molecule is CC(C)(C)c1cc(C(C)(C)C)c2sc3ccc4c(c3c2c1)C(C)(C)c1c-4cccc1N(c1ccc2c(c1)C(C)(C)c1ccccc1-2)c1cccc2oc3ccccc3c12. The molecule has 9 aromatic rings. The van der Waals surface area contributed by atoms with Crippen LogP contribution in [0.5, 0.6) is 0 Å². The second kappa shape index (κ2) is 12.0. The normalized spacial score (nSPS) is 15.2. The van der Waals surface area contributed by atoms with Gasteiger partial charge in [-0.1, -0.05) is 148 Å². The van der Waals surface area contributed by atoms with E-state index in [4.69, 9.17) is 4.42 Å². The summed E-state index contributed by atoms with van der Waals surface area (Å²) >= 11 is 1.97. The first-order chi connectivity index (χ1) is 28.0. The maximum Gasteiger partial charge on any atom is 0.137 e. The minimum absolute atomic E-state index is 0.0137. The minimum atomic E-state index is -0.314. The molecule has 2 aliphatic carbocycles. The molecular weight excluding hydrogens is 735 g/mol. The molecule has 0 fully saturated rings. The molecule has 2 heterocycles. The van der Waals surface area contributed by atoms with Crippen LogP contribution in [0.1, 0.15) is 103 Å². The predicted octanol–water partition coefficient (Wildman–Crippen LogP) is 16.6. The van der Waals surface area contributed by atoms with E-state index in [0.29, 0.717) is 0 Å². The van der Waals surface area contributed by atoms with Gasteiger partial charge in [0.05, 0.1) is 16.8 Å². The van der Waals surface area contributed by atoms with Crippen molar-refractivity contribution in [2.24, 2.45) is 0 Å². The van der Waals surface area contributed by atoms with Crippen LogP contribution in [0.25, 0.3) is 64.4 Å². The lowest BCUT2D eigenvalue weighted by Gasteiger charge is -2.33. The van der Waals surface area contributed by atoms with Crippen molar-refractivity contribution in [1.29, 1.82) is 0 Å². The van der Waals surface area contributed by atoms with E-state index in [9.17, 15) is 0 Å². The Kier molecular flexibility index (Phi) is 7.40. The summed E-state index contributed by atoms with van der Waals surface area (Å²) in [5.41, 5.74) is 18.6. The van der Waals surface area contributed by atoms with Crippen LogP contribution in [0.15, 0.2) is 132 Å². The first-order valence-electron chi connectivity index (χ1n) is 21.2. The molecule has 0 N–H and O–H groups in total. The molecule has 0 unspecified atom stereocenters. The zero-order valence-electron chi connectivity index (χ0n) is 35.9. The van der Waals surface area contributed by atoms with E-state index in [-0.39, 0.29) is 21.7 Å². The molecule has 0 atom stereocenters. The molecule has 0 spiro atoms. The standard InChI is InChI=1S/C56H51NOS/c1-53(2,3)32-29-39-49-47(59-52(39)42(30-32)54(4,5)6)28-27-37-36-19-15-22-44(50(36)56(9,10)51(37)49)57(43-21-16-24-46-48(43)38-18-12-14-23-45(38)58-46)33-25-26-35-34-17-11-13-20-40(34)55(7,8)41(35)31-33/h11-31H,1-10H3. The Morgan fingerprint density at radius 1 is 0.508 bits per heavy atom. The van der Waals surface area contributed by atoms with Gasteiger partial charge in [-0.3, -0.25) is 0 Å². The Morgan fingerprint density at radius 2 is 1.17 bits per heavy atom. The van der Waals surface area contributed by atoms with E-state index >= 15 is 0 Å². The maximum absolute atomic E-state index is 6.57. The molecule has 0 amide bonds. The first-order valence-corrected chi connectivity index (χ1v) is 22.0. The van der Waals surface area contributed by atoms with Crippen LogP contribution in [0.4, 0.5) is 17.1 Å². The minimum Gasteiger partial charge on any atom is -0.456 e. The van der Waals surface area contributed by atoms with E-state index in [1.165, 1.54) is 81.5 Å². The van der Waals surface area contributed by atoms with Gasteiger partial charge in [0.15, 0.2) is 0 Å². The third-order valence-electron chi connectivity index (χ3n) is 13.7. The Labute approximate surface area is 352 Å². The Hall–Kier alpha value is -5.64. The highest BCUT2D eigenvalue weighted by atomic mass is 32.1. The lowest BCUT2D eigenvalue weighted by atomic mass is 9.77. The number of anilines is 3. The molecule has 0 bridgehead atoms. The van der Waals surface area contributed by atoms with Crippen molar-refractivity contribution in [2.45, 2.75) is 90.9 Å². The van der Waals surface area contributed by atoms with Crippen LogP contribution < -0.4 is 4.90 Å². The molecule has 59 heavy (non-hydrogen) atoms. The maximum atomic E-state index is 6.57. The predicted molar refractivity (Wildman–Crippen MR) is 254 cm³/mol. The van der Waals surface area contributed by atoms with Gasteiger partial charge < -0.3 is 9.32 Å². The highest BCUT2D eigenvalue weighted by molar-refractivity contribution is 7.26. The van der Waals surface area contributed by atoms with E-state index in [1.807, 2.05) is 11.3 Å². The van der Waals surface area contributed by atoms with Crippen molar-refractivity contribution in [2.75, 3.05) is 4.90 Å². The number of benzene rings is 7. The van der Waals surface area contributed by atoms with Gasteiger partial charge in [-0.15, -0.1) is 11.3 Å². The smallest absolute Gasteiger partial charge is 0.137 e. The monoisotopic (exact) mass is 785 g/mol. The largest absolute Gasteiger partial charge is 0.456 e. The quantitative estimate of drug-likeness (QED) is 0.177. The van der Waals surface area contributed by atoms with Crippen LogP contribution in [0, 0.1) is 0 Å². The lowest BCUT2D eigenvalue weighted by Crippen LogP contribution is -2.21. The second-order valence-corrected chi connectivity index (χ2v) is 21.2. The second-order valence-electron chi connectivity index (χ2n) is 20.2. The van der Waals surface area contributed by atoms with E-state index in [0.717, 1.165) is 33.3 Å². The van der Waals surface area contributed by atoms with Crippen molar-refractivity contribution >= 4 is 70.5 Å². The molecule has 2 aliphatic rings. The topological polar surface area (TPSA) is 16.4 Å². The Morgan fingerprint density at radius 3 is 1.97 bits per heavy atom. The number of rotatable bonds is 3. The molecule has 7 aromatic carbocycles. The summed E-state index contributed by atoms with van der Waals surface area (Å²) in [4.78, 5) is 2.55. The Bertz CT molecular complexity index is 3240. The van der Waals surface area contributed by atoms with Gasteiger partial charge in [0.1, 0.15) is 11.2 Å². The summed E-state index contributed by atoms with van der Waals surface area (Å²) in [6, 6.07) is 48.0. The van der Waals surface area contributed by atoms with Gasteiger partial charge >= 0.3 is 0 Å². The number of para-hydroxylation sites is 1. The van der Waals surface area contributed by atoms with Gasteiger partial charge in [-0.25, -0.2) is 0 Å². The highest BCUT2D eigenvalue weighted by Gasteiger charge is 2.42. The molecule has 0 saturated carbocycles. The molecule has 0 radical (unpaired) electrons. The van der Waals surface area contributed by atoms with Crippen molar-refractivity contribution in [3.63, 3.8) is 0 Å². The third kappa shape index (κ3) is 5.04. The molecule has 3 heteroatoms. The van der Waals surface area contributed by atoms with Crippen LogP contribution in [0.3, 0.4) is 0 Å². The number of nitrogens with zero attached hydrogens (tertiary/aromatic N) is 1. The lowest BCUT2D eigenvalue weighted by molar-refractivity contribution is 0.573. The number of furan rings is 1. The summed E-state index contributed by atoms with van der Waals surface area (Å²) in [5.74, 6) is 0. The van der Waals surface area contributed by atoms with E-state index in [1.54, 1.807) is 0 Å². The van der Waals surface area contributed by atoms with Crippen LogP contribution in [0.2, 0.25) is 0 Å². The Balaban J connectivity index is 1.21. The number of thiophene rings is 1. The summed E-state index contributed by atoms with van der Waals surface area (Å²) in [6.45, 7) is 23.8. The van der Waals surface area contributed by atoms with Crippen molar-refractivity contribution in [3.05, 3.63) is 161 Å². The van der Waals surface area contributed by atoms with E-state index < -0.39 is 0 Å². The summed E-state index contributed by atoms with van der Waals surface area (Å²) in [5, 5.41) is 5.07. The van der Waals surface area contributed by atoms with Gasteiger partial charge in [0.25, 0.3) is 0 Å². The highest BCUT2D eigenvalue weighted by Crippen LogP contribution is 2.59. The van der Waals surface area contributed by atoms with Crippen LogP contribution >= 0.6 is 11.3 Å². The van der Waals surface area contributed by atoms with Gasteiger partial charge in [0, 0.05) is 42.1 Å². The van der Waals surface area contributed by atoms with Crippen molar-refractivity contribution < 1.29 is 4.42 Å². The fourth-order valence-electron chi connectivity index (χ4n) is 10.7. The van der Waals surface area contributed by atoms with E-state index in [2.05, 4.69) is 202 Å². The third-order valence-corrected chi connectivity index (χ3v) is 14.9. The molecule has 292 valence electrons. The summed E-state index contributed by atoms with van der Waals surface area (Å²) < 4.78 is 9.35. The number of fused-ring (bicyclic) bond motifs is 13.